The molecule has 0 radical (unpaired) electrons. The largest absolute Gasteiger partial charge is 0.458 e. The Kier molecular flexibility index (Phi) is 12.0. The predicted molar refractivity (Wildman–Crippen MR) is 191 cm³/mol. The molecular weight excluding hydrogens is 720 g/mol. The standard InChI is InChI=1S/C40H62O15/c1-17-11-26(53-36(50)22(17)16-51-37-34(48)32(46)30(44)27(14-41)54-37)18(2)23-7-8-24-21-6-5-19-12-20(52-38-35(49)33(47)31(45)28(15-42)55-38)13-29(43)40(19,4)25(21)9-10-39(23,24)3/h5,18,20-21,23-35,37-38,41-49H,6-16H2,1-4H3/t18-,20+,21?,23?,24?,25?,26?,27+,28+,29-,30+,31+,32-,33-,34+,35+,37+,38+,39+,40-/m0/s1. The first-order valence-corrected chi connectivity index (χ1v) is 20.2. The van der Waals surface area contributed by atoms with E-state index in [1.165, 1.54) is 0 Å². The Morgan fingerprint density at radius 3 is 2.11 bits per heavy atom. The minimum absolute atomic E-state index is 0.0210. The van der Waals surface area contributed by atoms with E-state index in [-0.39, 0.29) is 30.0 Å². The van der Waals surface area contributed by atoms with Crippen LogP contribution >= 0.6 is 0 Å². The molecule has 0 spiro atoms. The second-order valence-corrected chi connectivity index (χ2v) is 18.0. The summed E-state index contributed by atoms with van der Waals surface area (Å²) < 4.78 is 29.0. The van der Waals surface area contributed by atoms with Crippen molar-refractivity contribution in [1.82, 2.24) is 0 Å². The molecule has 55 heavy (non-hydrogen) atoms. The Morgan fingerprint density at radius 2 is 1.47 bits per heavy atom. The van der Waals surface area contributed by atoms with Gasteiger partial charge in [0, 0.05) is 18.3 Å². The van der Waals surface area contributed by atoms with E-state index >= 15 is 0 Å². The fourth-order valence-electron chi connectivity index (χ4n) is 12.0. The summed E-state index contributed by atoms with van der Waals surface area (Å²) in [4.78, 5) is 13.4. The average molecular weight is 783 g/mol. The van der Waals surface area contributed by atoms with Crippen molar-refractivity contribution in [3.05, 3.63) is 22.8 Å². The zero-order chi connectivity index (χ0) is 39.7. The molecule has 7 rings (SSSR count). The highest BCUT2D eigenvalue weighted by molar-refractivity contribution is 5.90. The summed E-state index contributed by atoms with van der Waals surface area (Å²) in [5.74, 6) is 0.996. The molecule has 312 valence electrons. The molecule has 15 nitrogen and oxygen atoms in total. The fourth-order valence-corrected chi connectivity index (χ4v) is 12.0. The summed E-state index contributed by atoms with van der Waals surface area (Å²) in [5.41, 5.74) is 1.85. The van der Waals surface area contributed by atoms with Crippen molar-refractivity contribution in [1.29, 1.82) is 0 Å². The van der Waals surface area contributed by atoms with Crippen LogP contribution in [0.2, 0.25) is 0 Å². The number of fused-ring (bicyclic) bond motifs is 5. The lowest BCUT2D eigenvalue weighted by molar-refractivity contribution is -0.315. The maximum absolute atomic E-state index is 13.4. The summed E-state index contributed by atoms with van der Waals surface area (Å²) in [6.45, 7) is 7.30. The third-order valence-corrected chi connectivity index (χ3v) is 15.4. The number of hydrogen-bond donors (Lipinski definition) is 9. The Balaban J connectivity index is 0.993. The van der Waals surface area contributed by atoms with Gasteiger partial charge in [0.1, 0.15) is 54.9 Å². The number of rotatable bonds is 9. The molecule has 0 bridgehead atoms. The first kappa shape index (κ1) is 41.6. The minimum atomic E-state index is -1.58. The van der Waals surface area contributed by atoms with Gasteiger partial charge in [-0.15, -0.1) is 0 Å². The van der Waals surface area contributed by atoms with Gasteiger partial charge in [-0.3, -0.25) is 0 Å². The number of cyclic esters (lactones) is 1. The van der Waals surface area contributed by atoms with Crippen LogP contribution in [0.5, 0.6) is 0 Å². The van der Waals surface area contributed by atoms with Gasteiger partial charge in [-0.2, -0.15) is 0 Å². The molecule has 5 unspecified atom stereocenters. The van der Waals surface area contributed by atoms with E-state index in [9.17, 15) is 50.8 Å². The van der Waals surface area contributed by atoms with Crippen LogP contribution < -0.4 is 0 Å². The van der Waals surface area contributed by atoms with Gasteiger partial charge in [0.25, 0.3) is 0 Å². The molecule has 0 amide bonds. The Hall–Kier alpha value is -1.57. The van der Waals surface area contributed by atoms with E-state index in [0.717, 1.165) is 43.3 Å². The summed E-state index contributed by atoms with van der Waals surface area (Å²) in [5, 5.41) is 92.5. The lowest BCUT2D eigenvalue weighted by Crippen LogP contribution is -2.60. The Labute approximate surface area is 321 Å². The quantitative estimate of drug-likeness (QED) is 0.109. The fraction of sp³-hybridized carbons (Fsp3) is 0.875. The van der Waals surface area contributed by atoms with Crippen LogP contribution in [0.4, 0.5) is 0 Å². The molecule has 3 aliphatic heterocycles. The third kappa shape index (κ3) is 7.06. The topological polar surface area (TPSA) is 245 Å². The molecule has 7 aliphatic rings. The van der Waals surface area contributed by atoms with Gasteiger partial charge in [0.15, 0.2) is 12.6 Å². The van der Waals surface area contributed by atoms with Crippen molar-refractivity contribution in [2.45, 2.75) is 159 Å². The van der Waals surface area contributed by atoms with Crippen molar-refractivity contribution in [2.75, 3.05) is 19.8 Å². The first-order chi connectivity index (χ1) is 26.0. The van der Waals surface area contributed by atoms with Crippen molar-refractivity contribution in [3.63, 3.8) is 0 Å². The lowest BCUT2D eigenvalue weighted by Gasteiger charge is -2.60. The second-order valence-electron chi connectivity index (χ2n) is 18.0. The summed E-state index contributed by atoms with van der Waals surface area (Å²) in [7, 11) is 0. The number of aliphatic hydroxyl groups is 9. The molecular formula is C40H62O15. The smallest absolute Gasteiger partial charge is 0.336 e. The van der Waals surface area contributed by atoms with E-state index in [1.807, 2.05) is 6.92 Å². The number of aliphatic hydroxyl groups excluding tert-OH is 9. The highest BCUT2D eigenvalue weighted by atomic mass is 16.7. The van der Waals surface area contributed by atoms with Gasteiger partial charge < -0.3 is 69.6 Å². The molecule has 20 atom stereocenters. The molecule has 3 saturated carbocycles. The normalized spacial score (nSPS) is 50.7. The summed E-state index contributed by atoms with van der Waals surface area (Å²) in [6, 6.07) is 0. The van der Waals surface area contributed by atoms with Crippen LogP contribution in [0.15, 0.2) is 22.8 Å². The predicted octanol–water partition coefficient (Wildman–Crippen LogP) is -0.194. The van der Waals surface area contributed by atoms with Gasteiger partial charge in [-0.1, -0.05) is 38.0 Å². The van der Waals surface area contributed by atoms with Gasteiger partial charge in [0.05, 0.1) is 37.6 Å². The van der Waals surface area contributed by atoms with E-state index < -0.39 is 98.2 Å². The van der Waals surface area contributed by atoms with Crippen LogP contribution in [-0.4, -0.2) is 151 Å². The third-order valence-electron chi connectivity index (χ3n) is 15.4. The summed E-state index contributed by atoms with van der Waals surface area (Å²) >= 11 is 0. The molecule has 15 heteroatoms. The molecule has 9 N–H and O–H groups in total. The van der Waals surface area contributed by atoms with Crippen LogP contribution in [-0.2, 0) is 28.5 Å². The molecule has 3 heterocycles. The maximum atomic E-state index is 13.4. The minimum Gasteiger partial charge on any atom is -0.458 e. The zero-order valence-corrected chi connectivity index (χ0v) is 32.2. The van der Waals surface area contributed by atoms with Crippen molar-refractivity contribution in [3.8, 4) is 0 Å². The molecule has 4 aliphatic carbocycles. The van der Waals surface area contributed by atoms with Crippen LogP contribution in [0.25, 0.3) is 0 Å². The van der Waals surface area contributed by atoms with E-state index in [1.54, 1.807) is 0 Å². The SMILES string of the molecule is CC1=C(CO[C@@H]2O[C@H](CO)[C@@H](O)[C@H](O)[C@H]2O)C(=O)OC([C@@H](C)C2CCC3C4CC=C5C[C@@H](O[C@@H]6O[C@H](CO)[C@@H](O)[C@H](O)[C@H]6O)C[C@H](O)[C@]5(C)C4CC[C@@]32C)C1. The van der Waals surface area contributed by atoms with Crippen LogP contribution in [0, 0.1) is 40.4 Å². The Bertz CT molecular complexity index is 1470. The molecule has 0 aromatic carbocycles. The highest BCUT2D eigenvalue weighted by Gasteiger charge is 2.62. The van der Waals surface area contributed by atoms with Crippen LogP contribution in [0.1, 0.15) is 79.1 Å². The maximum Gasteiger partial charge on any atom is 0.336 e. The van der Waals surface area contributed by atoms with Gasteiger partial charge in [-0.25, -0.2) is 4.79 Å². The van der Waals surface area contributed by atoms with E-state index in [4.69, 9.17) is 23.7 Å². The van der Waals surface area contributed by atoms with E-state index in [0.29, 0.717) is 42.6 Å². The number of hydrogen-bond acceptors (Lipinski definition) is 15. The number of ether oxygens (including phenoxy) is 5. The van der Waals surface area contributed by atoms with Gasteiger partial charge >= 0.3 is 5.97 Å². The van der Waals surface area contributed by atoms with Crippen molar-refractivity contribution >= 4 is 5.97 Å². The highest BCUT2D eigenvalue weighted by Crippen LogP contribution is 2.67. The summed E-state index contributed by atoms with van der Waals surface area (Å²) in [6.07, 6.45) is -6.87. The molecule has 5 fully saturated rings. The second kappa shape index (κ2) is 15.9. The van der Waals surface area contributed by atoms with Crippen LogP contribution in [0.3, 0.4) is 0 Å². The van der Waals surface area contributed by atoms with E-state index in [2.05, 4.69) is 26.8 Å². The lowest BCUT2D eigenvalue weighted by atomic mass is 9.46. The molecule has 2 saturated heterocycles. The zero-order valence-electron chi connectivity index (χ0n) is 32.2. The number of carbonyl (C=O) groups excluding carboxylic acids is 1. The van der Waals surface area contributed by atoms with Crippen molar-refractivity contribution in [2.24, 2.45) is 40.4 Å². The number of carbonyl (C=O) groups is 1. The Morgan fingerprint density at radius 1 is 0.836 bits per heavy atom. The first-order valence-electron chi connectivity index (χ1n) is 20.2. The van der Waals surface area contributed by atoms with Gasteiger partial charge in [0.2, 0.25) is 0 Å². The molecule has 0 aromatic heterocycles. The van der Waals surface area contributed by atoms with Gasteiger partial charge in [-0.05, 0) is 80.5 Å². The monoisotopic (exact) mass is 782 g/mol. The average Bonchev–Trinajstić information content (AvgIpc) is 3.51. The number of esters is 1. The molecule has 0 aromatic rings. The van der Waals surface area contributed by atoms with Crippen molar-refractivity contribution < 1.29 is 74.4 Å². The number of allylic oxidation sites excluding steroid dienone is 1.